The summed E-state index contributed by atoms with van der Waals surface area (Å²) in [6, 6.07) is 16.4. The lowest BCUT2D eigenvalue weighted by atomic mass is 10.0. The Balaban J connectivity index is 1.58. The zero-order valence-electron chi connectivity index (χ0n) is 18.1. The SMILES string of the molecule is Cc1ccc(CNC(=O)C(=O)NC[C@@H](c2ccc(N(C)C)cc2)N2CCCC2)cc1. The predicted octanol–water partition coefficient (Wildman–Crippen LogP) is 2.63. The predicted molar refractivity (Wildman–Crippen MR) is 120 cm³/mol. The van der Waals surface area contributed by atoms with Crippen molar-refractivity contribution in [2.24, 2.45) is 0 Å². The minimum atomic E-state index is -0.598. The van der Waals surface area contributed by atoms with Crippen molar-refractivity contribution in [3.8, 4) is 0 Å². The topological polar surface area (TPSA) is 64.7 Å². The molecule has 160 valence electrons. The summed E-state index contributed by atoms with van der Waals surface area (Å²) in [5, 5.41) is 5.54. The average Bonchev–Trinajstić information content (AvgIpc) is 3.28. The smallest absolute Gasteiger partial charge is 0.309 e. The van der Waals surface area contributed by atoms with Crippen LogP contribution in [0.5, 0.6) is 0 Å². The number of carbonyl (C=O) groups excluding carboxylic acids is 2. The van der Waals surface area contributed by atoms with E-state index < -0.39 is 11.8 Å². The molecule has 1 atom stereocenters. The van der Waals surface area contributed by atoms with Gasteiger partial charge >= 0.3 is 11.8 Å². The van der Waals surface area contributed by atoms with E-state index in [-0.39, 0.29) is 6.04 Å². The first kappa shape index (κ1) is 21.8. The van der Waals surface area contributed by atoms with Crippen molar-refractivity contribution in [3.63, 3.8) is 0 Å². The Morgan fingerprint density at radius 1 is 0.933 bits per heavy atom. The summed E-state index contributed by atoms with van der Waals surface area (Å²) >= 11 is 0. The molecule has 0 aromatic heterocycles. The lowest BCUT2D eigenvalue weighted by Gasteiger charge is -2.28. The van der Waals surface area contributed by atoms with E-state index in [4.69, 9.17) is 0 Å². The Bertz CT molecular complexity index is 841. The van der Waals surface area contributed by atoms with Gasteiger partial charge in [0.25, 0.3) is 0 Å². The number of nitrogens with zero attached hydrogens (tertiary/aromatic N) is 2. The van der Waals surface area contributed by atoms with E-state index in [9.17, 15) is 9.59 Å². The first-order valence-corrected chi connectivity index (χ1v) is 10.6. The lowest BCUT2D eigenvalue weighted by Crippen LogP contribution is -2.43. The minimum Gasteiger partial charge on any atom is -0.378 e. The van der Waals surface area contributed by atoms with Crippen LogP contribution in [0, 0.1) is 6.92 Å². The fourth-order valence-electron chi connectivity index (χ4n) is 3.74. The summed E-state index contributed by atoms with van der Waals surface area (Å²) in [5.74, 6) is -1.19. The van der Waals surface area contributed by atoms with E-state index in [0.717, 1.165) is 48.3 Å². The molecule has 1 aliphatic rings. The average molecular weight is 409 g/mol. The lowest BCUT2D eigenvalue weighted by molar-refractivity contribution is -0.139. The molecule has 0 aliphatic carbocycles. The van der Waals surface area contributed by atoms with Gasteiger partial charge < -0.3 is 15.5 Å². The van der Waals surface area contributed by atoms with Gasteiger partial charge in [-0.05, 0) is 56.1 Å². The quantitative estimate of drug-likeness (QED) is 0.692. The van der Waals surface area contributed by atoms with Crippen LogP contribution >= 0.6 is 0 Å². The first-order valence-electron chi connectivity index (χ1n) is 10.6. The highest BCUT2D eigenvalue weighted by molar-refractivity contribution is 6.35. The second-order valence-electron chi connectivity index (χ2n) is 8.12. The number of nitrogens with one attached hydrogen (secondary N) is 2. The van der Waals surface area contributed by atoms with Gasteiger partial charge in [-0.2, -0.15) is 0 Å². The minimum absolute atomic E-state index is 0.0672. The van der Waals surface area contributed by atoms with Crippen molar-refractivity contribution in [1.29, 1.82) is 0 Å². The van der Waals surface area contributed by atoms with Gasteiger partial charge in [0, 0.05) is 32.9 Å². The molecule has 1 saturated heterocycles. The van der Waals surface area contributed by atoms with E-state index in [2.05, 4.69) is 44.7 Å². The summed E-state index contributed by atoms with van der Waals surface area (Å²) in [7, 11) is 4.03. The van der Waals surface area contributed by atoms with E-state index in [1.165, 1.54) is 0 Å². The van der Waals surface area contributed by atoms with Gasteiger partial charge in [0.1, 0.15) is 0 Å². The maximum atomic E-state index is 12.4. The van der Waals surface area contributed by atoms with Crippen LogP contribution in [0.4, 0.5) is 5.69 Å². The van der Waals surface area contributed by atoms with Crippen LogP contribution in [0.3, 0.4) is 0 Å². The Morgan fingerprint density at radius 2 is 1.53 bits per heavy atom. The highest BCUT2D eigenvalue weighted by atomic mass is 16.2. The first-order chi connectivity index (χ1) is 14.4. The number of hydrogen-bond donors (Lipinski definition) is 2. The van der Waals surface area contributed by atoms with Crippen molar-refractivity contribution >= 4 is 17.5 Å². The van der Waals surface area contributed by atoms with Crippen molar-refractivity contribution in [1.82, 2.24) is 15.5 Å². The van der Waals surface area contributed by atoms with Crippen LogP contribution < -0.4 is 15.5 Å². The molecule has 0 radical (unpaired) electrons. The van der Waals surface area contributed by atoms with E-state index in [1.54, 1.807) is 0 Å². The Hall–Kier alpha value is -2.86. The maximum Gasteiger partial charge on any atom is 0.309 e. The summed E-state index contributed by atoms with van der Waals surface area (Å²) in [6.07, 6.45) is 2.33. The Morgan fingerprint density at radius 3 is 2.13 bits per heavy atom. The summed E-state index contributed by atoms with van der Waals surface area (Å²) in [4.78, 5) is 29.0. The highest BCUT2D eigenvalue weighted by Crippen LogP contribution is 2.26. The molecule has 1 fully saturated rings. The van der Waals surface area contributed by atoms with Crippen molar-refractivity contribution in [2.75, 3.05) is 38.6 Å². The molecule has 3 rings (SSSR count). The molecule has 2 aromatic carbocycles. The highest BCUT2D eigenvalue weighted by Gasteiger charge is 2.25. The van der Waals surface area contributed by atoms with Gasteiger partial charge in [-0.3, -0.25) is 14.5 Å². The number of amides is 2. The second kappa shape index (κ2) is 10.3. The number of anilines is 1. The number of aryl methyl sites for hydroxylation is 1. The summed E-state index contributed by atoms with van der Waals surface area (Å²) < 4.78 is 0. The molecule has 6 nitrogen and oxygen atoms in total. The van der Waals surface area contributed by atoms with Gasteiger partial charge in [-0.15, -0.1) is 0 Å². The van der Waals surface area contributed by atoms with Crippen LogP contribution in [0.15, 0.2) is 48.5 Å². The third-order valence-corrected chi connectivity index (χ3v) is 5.61. The van der Waals surface area contributed by atoms with Crippen LogP contribution in [-0.4, -0.2) is 50.4 Å². The van der Waals surface area contributed by atoms with Gasteiger partial charge in [0.2, 0.25) is 0 Å². The number of rotatable bonds is 7. The number of likely N-dealkylation sites (tertiary alicyclic amines) is 1. The summed E-state index contributed by atoms with van der Waals surface area (Å²) in [6.45, 7) is 4.79. The van der Waals surface area contributed by atoms with Gasteiger partial charge in [0.05, 0.1) is 6.04 Å². The van der Waals surface area contributed by atoms with Crippen molar-refractivity contribution < 1.29 is 9.59 Å². The molecule has 0 bridgehead atoms. The van der Waals surface area contributed by atoms with E-state index >= 15 is 0 Å². The Labute approximate surface area is 179 Å². The van der Waals surface area contributed by atoms with Gasteiger partial charge in [0.15, 0.2) is 0 Å². The van der Waals surface area contributed by atoms with Crippen LogP contribution in [0.2, 0.25) is 0 Å². The molecular formula is C24H32N4O2. The van der Waals surface area contributed by atoms with Crippen LogP contribution in [0.25, 0.3) is 0 Å². The van der Waals surface area contributed by atoms with Crippen LogP contribution in [0.1, 0.15) is 35.6 Å². The number of hydrogen-bond acceptors (Lipinski definition) is 4. The monoisotopic (exact) mass is 408 g/mol. The normalized spacial score (nSPS) is 14.9. The zero-order chi connectivity index (χ0) is 21.5. The van der Waals surface area contributed by atoms with E-state index in [0.29, 0.717) is 13.1 Å². The molecule has 6 heteroatoms. The molecule has 2 amide bonds. The molecule has 30 heavy (non-hydrogen) atoms. The zero-order valence-corrected chi connectivity index (χ0v) is 18.1. The summed E-state index contributed by atoms with van der Waals surface area (Å²) in [5.41, 5.74) is 4.42. The molecule has 0 unspecified atom stereocenters. The maximum absolute atomic E-state index is 12.4. The number of carbonyl (C=O) groups is 2. The molecule has 1 aliphatic heterocycles. The Kier molecular flexibility index (Phi) is 7.46. The third kappa shape index (κ3) is 5.83. The van der Waals surface area contributed by atoms with E-state index in [1.807, 2.05) is 45.3 Å². The molecule has 2 aromatic rings. The fourth-order valence-corrected chi connectivity index (χ4v) is 3.74. The van der Waals surface area contributed by atoms with Crippen molar-refractivity contribution in [3.05, 3.63) is 65.2 Å². The molecule has 0 spiro atoms. The van der Waals surface area contributed by atoms with Gasteiger partial charge in [-0.1, -0.05) is 42.0 Å². The molecule has 1 heterocycles. The third-order valence-electron chi connectivity index (χ3n) is 5.61. The van der Waals surface area contributed by atoms with Crippen molar-refractivity contribution in [2.45, 2.75) is 32.4 Å². The van der Waals surface area contributed by atoms with Gasteiger partial charge in [-0.25, -0.2) is 0 Å². The molecular weight excluding hydrogens is 376 g/mol. The molecule has 0 saturated carbocycles. The fraction of sp³-hybridized carbons (Fsp3) is 0.417. The number of benzene rings is 2. The second-order valence-corrected chi connectivity index (χ2v) is 8.12. The largest absolute Gasteiger partial charge is 0.378 e. The standard InChI is InChI=1S/C24H32N4O2/c1-18-6-8-19(9-7-18)16-25-23(29)24(30)26-17-22(28-14-4-5-15-28)20-10-12-21(13-11-20)27(2)3/h6-13,22H,4-5,14-17H2,1-3H3,(H,25,29)(H,26,30)/t22-/m0/s1. The van der Waals surface area contributed by atoms with Crippen LogP contribution in [-0.2, 0) is 16.1 Å². The molecule has 2 N–H and O–H groups in total.